The normalized spacial score (nSPS) is 10.4. The number of aliphatic carboxylic acids is 1. The molecule has 20 heavy (non-hydrogen) atoms. The first kappa shape index (κ1) is 14.6. The van der Waals surface area contributed by atoms with Gasteiger partial charge >= 0.3 is 5.97 Å². The third-order valence-electron chi connectivity index (χ3n) is 3.08. The summed E-state index contributed by atoms with van der Waals surface area (Å²) in [4.78, 5) is 15.5. The number of carboxylic acids is 1. The molecule has 2 aromatic rings. The number of carbonyl (C=O) groups is 1. The molecule has 1 aromatic carbocycles. The van der Waals surface area contributed by atoms with Crippen molar-refractivity contribution in [3.63, 3.8) is 0 Å². The lowest BCUT2D eigenvalue weighted by atomic mass is 10.2. The van der Waals surface area contributed by atoms with Crippen molar-refractivity contribution in [3.05, 3.63) is 52.2 Å². The first-order valence-electron chi connectivity index (χ1n) is 6.72. The fraction of sp³-hybridized carbons (Fsp3) is 0.312. The lowest BCUT2D eigenvalue weighted by molar-refractivity contribution is -0.137. The Morgan fingerprint density at radius 1 is 1.20 bits per heavy atom. The van der Waals surface area contributed by atoms with Crippen LogP contribution in [0.4, 0.5) is 5.69 Å². The minimum absolute atomic E-state index is 0.215. The first-order valence-corrected chi connectivity index (χ1v) is 7.54. The molecule has 0 bridgehead atoms. The summed E-state index contributed by atoms with van der Waals surface area (Å²) in [5.74, 6) is -0.732. The van der Waals surface area contributed by atoms with Crippen molar-refractivity contribution in [2.45, 2.75) is 26.3 Å². The highest BCUT2D eigenvalue weighted by atomic mass is 32.1. The van der Waals surface area contributed by atoms with E-state index in [4.69, 9.17) is 5.11 Å². The van der Waals surface area contributed by atoms with Crippen LogP contribution in [0.2, 0.25) is 0 Å². The van der Waals surface area contributed by atoms with E-state index in [9.17, 15) is 4.79 Å². The zero-order chi connectivity index (χ0) is 14.4. The molecule has 106 valence electrons. The van der Waals surface area contributed by atoms with Crippen LogP contribution in [0.5, 0.6) is 0 Å². The van der Waals surface area contributed by atoms with Gasteiger partial charge in [0, 0.05) is 28.4 Å². The highest BCUT2D eigenvalue weighted by Gasteiger charge is 2.09. The minimum Gasteiger partial charge on any atom is -0.481 e. The number of benzene rings is 1. The van der Waals surface area contributed by atoms with E-state index in [1.165, 1.54) is 9.75 Å². The Balaban J connectivity index is 2.05. The van der Waals surface area contributed by atoms with E-state index in [1.807, 2.05) is 18.2 Å². The van der Waals surface area contributed by atoms with E-state index in [2.05, 4.69) is 36.1 Å². The molecule has 1 N–H and O–H groups in total. The van der Waals surface area contributed by atoms with Gasteiger partial charge in [0.2, 0.25) is 0 Å². The van der Waals surface area contributed by atoms with Crippen molar-refractivity contribution in [2.24, 2.45) is 0 Å². The Labute approximate surface area is 123 Å². The molecule has 3 nitrogen and oxygen atoms in total. The maximum absolute atomic E-state index is 10.7. The number of aryl methyl sites for hydroxylation is 1. The highest BCUT2D eigenvalue weighted by molar-refractivity contribution is 7.11. The molecule has 0 saturated carbocycles. The maximum atomic E-state index is 10.7. The number of anilines is 1. The molecule has 4 heteroatoms. The van der Waals surface area contributed by atoms with Gasteiger partial charge in [0.25, 0.3) is 0 Å². The third-order valence-corrected chi connectivity index (χ3v) is 4.07. The van der Waals surface area contributed by atoms with E-state index in [-0.39, 0.29) is 6.42 Å². The van der Waals surface area contributed by atoms with Crippen LogP contribution in [0.25, 0.3) is 0 Å². The van der Waals surface area contributed by atoms with Crippen LogP contribution in [0.1, 0.15) is 22.6 Å². The van der Waals surface area contributed by atoms with Crippen LogP contribution in [-0.4, -0.2) is 17.6 Å². The predicted molar refractivity (Wildman–Crippen MR) is 83.4 cm³/mol. The molecule has 0 unspecified atom stereocenters. The monoisotopic (exact) mass is 289 g/mol. The molecule has 0 spiro atoms. The Kier molecular flexibility index (Phi) is 5.18. The van der Waals surface area contributed by atoms with Crippen LogP contribution in [0, 0.1) is 6.92 Å². The van der Waals surface area contributed by atoms with Gasteiger partial charge in [0.1, 0.15) is 0 Å². The summed E-state index contributed by atoms with van der Waals surface area (Å²) < 4.78 is 0. The summed E-state index contributed by atoms with van der Waals surface area (Å²) in [5.41, 5.74) is 1.14. The topological polar surface area (TPSA) is 40.5 Å². The zero-order valence-electron chi connectivity index (χ0n) is 11.6. The summed E-state index contributed by atoms with van der Waals surface area (Å²) in [6, 6.07) is 14.4. The van der Waals surface area contributed by atoms with Crippen molar-refractivity contribution in [1.29, 1.82) is 0 Å². The Morgan fingerprint density at radius 2 is 1.95 bits per heavy atom. The number of para-hydroxylation sites is 1. The highest BCUT2D eigenvalue weighted by Crippen LogP contribution is 2.22. The number of nitrogens with zero attached hydrogens (tertiary/aromatic N) is 1. The van der Waals surface area contributed by atoms with Crippen LogP contribution in [0.3, 0.4) is 0 Å². The molecule has 0 aliphatic heterocycles. The molecular weight excluding hydrogens is 270 g/mol. The largest absolute Gasteiger partial charge is 0.481 e. The average molecular weight is 289 g/mol. The maximum Gasteiger partial charge on any atom is 0.303 e. The molecule has 1 aromatic heterocycles. The van der Waals surface area contributed by atoms with Gasteiger partial charge in [0.05, 0.1) is 6.54 Å². The van der Waals surface area contributed by atoms with Gasteiger partial charge in [-0.3, -0.25) is 4.79 Å². The average Bonchev–Trinajstić information content (AvgIpc) is 2.84. The van der Waals surface area contributed by atoms with Crippen LogP contribution < -0.4 is 4.90 Å². The van der Waals surface area contributed by atoms with Crippen molar-refractivity contribution in [3.8, 4) is 0 Å². The van der Waals surface area contributed by atoms with Gasteiger partial charge in [-0.25, -0.2) is 0 Å². The van der Waals surface area contributed by atoms with E-state index in [0.717, 1.165) is 18.8 Å². The molecule has 2 rings (SSSR count). The lowest BCUT2D eigenvalue weighted by Gasteiger charge is -2.24. The quantitative estimate of drug-likeness (QED) is 0.839. The van der Waals surface area contributed by atoms with Gasteiger partial charge in [-0.2, -0.15) is 0 Å². The van der Waals surface area contributed by atoms with Gasteiger partial charge in [-0.15, -0.1) is 11.3 Å². The van der Waals surface area contributed by atoms with Crippen molar-refractivity contribution in [2.75, 3.05) is 11.4 Å². The van der Waals surface area contributed by atoms with Crippen molar-refractivity contribution in [1.82, 2.24) is 0 Å². The fourth-order valence-corrected chi connectivity index (χ4v) is 3.02. The minimum atomic E-state index is -0.732. The van der Waals surface area contributed by atoms with Gasteiger partial charge < -0.3 is 10.0 Å². The summed E-state index contributed by atoms with van der Waals surface area (Å²) in [7, 11) is 0. The van der Waals surface area contributed by atoms with Crippen molar-refractivity contribution < 1.29 is 9.90 Å². The second-order valence-electron chi connectivity index (χ2n) is 4.77. The molecule has 0 atom stereocenters. The lowest BCUT2D eigenvalue weighted by Crippen LogP contribution is -2.23. The Hall–Kier alpha value is -1.81. The van der Waals surface area contributed by atoms with E-state index in [0.29, 0.717) is 6.42 Å². The molecule has 0 radical (unpaired) electrons. The summed E-state index contributed by atoms with van der Waals surface area (Å²) in [6.07, 6.45) is 0.876. The predicted octanol–water partition coefficient (Wildman–Crippen LogP) is 3.93. The fourth-order valence-electron chi connectivity index (χ4n) is 2.12. The second-order valence-corrected chi connectivity index (χ2v) is 6.14. The molecule has 0 amide bonds. The third kappa shape index (κ3) is 4.38. The SMILES string of the molecule is Cc1ccc(CN(CCCC(=O)O)c2ccccc2)s1. The van der Waals surface area contributed by atoms with Crippen LogP contribution >= 0.6 is 11.3 Å². The van der Waals surface area contributed by atoms with E-state index < -0.39 is 5.97 Å². The summed E-state index contributed by atoms with van der Waals surface area (Å²) in [6.45, 7) is 3.70. The van der Waals surface area contributed by atoms with Crippen molar-refractivity contribution >= 4 is 23.0 Å². The number of rotatable bonds is 7. The van der Waals surface area contributed by atoms with Crippen LogP contribution in [-0.2, 0) is 11.3 Å². The summed E-state index contributed by atoms with van der Waals surface area (Å²) >= 11 is 1.79. The van der Waals surface area contributed by atoms with E-state index >= 15 is 0 Å². The molecule has 0 fully saturated rings. The Bertz CT molecular complexity index is 551. The zero-order valence-corrected chi connectivity index (χ0v) is 12.4. The molecule has 1 heterocycles. The molecule has 0 saturated heterocycles. The summed E-state index contributed by atoms with van der Waals surface area (Å²) in [5, 5.41) is 8.77. The second kappa shape index (κ2) is 7.10. The first-order chi connectivity index (χ1) is 9.65. The number of carboxylic acid groups (broad SMARTS) is 1. The van der Waals surface area contributed by atoms with Gasteiger partial charge in [-0.1, -0.05) is 18.2 Å². The van der Waals surface area contributed by atoms with Crippen LogP contribution in [0.15, 0.2) is 42.5 Å². The molecule has 0 aliphatic carbocycles. The van der Waals surface area contributed by atoms with Gasteiger partial charge in [-0.05, 0) is 37.6 Å². The number of thiophene rings is 1. The Morgan fingerprint density at radius 3 is 2.55 bits per heavy atom. The molecular formula is C16H19NO2S. The number of hydrogen-bond donors (Lipinski definition) is 1. The number of hydrogen-bond acceptors (Lipinski definition) is 3. The van der Waals surface area contributed by atoms with Gasteiger partial charge in [0.15, 0.2) is 0 Å². The molecule has 0 aliphatic rings. The smallest absolute Gasteiger partial charge is 0.303 e. The van der Waals surface area contributed by atoms with E-state index in [1.54, 1.807) is 11.3 Å². The standard InChI is InChI=1S/C16H19NO2S/c1-13-9-10-15(20-13)12-17(11-5-8-16(18)19)14-6-3-2-4-7-14/h2-4,6-7,9-10H,5,8,11-12H2,1H3,(H,18,19).